The van der Waals surface area contributed by atoms with Gasteiger partial charge in [0.2, 0.25) is 0 Å². The zero-order valence-corrected chi connectivity index (χ0v) is 13.5. The van der Waals surface area contributed by atoms with E-state index in [-0.39, 0.29) is 5.92 Å². The summed E-state index contributed by atoms with van der Waals surface area (Å²) in [5.41, 5.74) is 8.90. The molecule has 20 heavy (non-hydrogen) atoms. The second-order valence-electron chi connectivity index (χ2n) is 4.82. The van der Waals surface area contributed by atoms with Crippen molar-refractivity contribution in [2.24, 2.45) is 5.73 Å². The van der Waals surface area contributed by atoms with E-state index in [9.17, 15) is 5.11 Å². The van der Waals surface area contributed by atoms with Crippen molar-refractivity contribution < 1.29 is 5.11 Å². The maximum atomic E-state index is 10.6. The highest BCUT2D eigenvalue weighted by Gasteiger charge is 2.23. The molecule has 0 saturated carbocycles. The maximum Gasteiger partial charge on any atom is 0.0871 e. The summed E-state index contributed by atoms with van der Waals surface area (Å²) >= 11 is 9.37. The molecule has 0 radical (unpaired) electrons. The van der Waals surface area contributed by atoms with Crippen molar-refractivity contribution in [3.05, 3.63) is 68.7 Å². The number of hydrogen-bond acceptors (Lipinski definition) is 2. The van der Waals surface area contributed by atoms with Gasteiger partial charge in [0.15, 0.2) is 0 Å². The first-order valence-corrected chi connectivity index (χ1v) is 7.60. The average molecular weight is 355 g/mol. The zero-order chi connectivity index (χ0) is 14.7. The largest absolute Gasteiger partial charge is 0.388 e. The first-order chi connectivity index (χ1) is 9.54. The Morgan fingerprint density at radius 3 is 2.55 bits per heavy atom. The molecule has 2 rings (SSSR count). The van der Waals surface area contributed by atoms with Gasteiger partial charge in [-0.25, -0.2) is 0 Å². The van der Waals surface area contributed by atoms with Crippen LogP contribution in [-0.2, 0) is 0 Å². The van der Waals surface area contributed by atoms with Gasteiger partial charge in [-0.05, 0) is 51.7 Å². The number of benzene rings is 2. The van der Waals surface area contributed by atoms with E-state index < -0.39 is 6.10 Å². The molecule has 0 spiro atoms. The van der Waals surface area contributed by atoms with Gasteiger partial charge in [0, 0.05) is 16.9 Å². The number of halogens is 2. The van der Waals surface area contributed by atoms with Crippen LogP contribution >= 0.6 is 27.5 Å². The van der Waals surface area contributed by atoms with Crippen LogP contribution in [0.4, 0.5) is 0 Å². The van der Waals surface area contributed by atoms with Crippen LogP contribution in [0, 0.1) is 6.92 Å². The quantitative estimate of drug-likeness (QED) is 0.865. The lowest BCUT2D eigenvalue weighted by Crippen LogP contribution is -2.21. The number of aryl methyl sites for hydroxylation is 1. The number of hydrogen-bond donors (Lipinski definition) is 2. The van der Waals surface area contributed by atoms with E-state index in [2.05, 4.69) is 15.9 Å². The van der Waals surface area contributed by atoms with Crippen molar-refractivity contribution in [2.75, 3.05) is 6.54 Å². The molecule has 0 heterocycles. The molecule has 0 bridgehead atoms. The molecule has 0 aliphatic rings. The second-order valence-corrected chi connectivity index (χ2v) is 6.08. The van der Waals surface area contributed by atoms with E-state index >= 15 is 0 Å². The second kappa shape index (κ2) is 6.72. The summed E-state index contributed by atoms with van der Waals surface area (Å²) < 4.78 is 0.774. The summed E-state index contributed by atoms with van der Waals surface area (Å²) in [4.78, 5) is 0. The van der Waals surface area contributed by atoms with Crippen LogP contribution in [0.3, 0.4) is 0 Å². The molecule has 2 unspecified atom stereocenters. The van der Waals surface area contributed by atoms with Crippen LogP contribution < -0.4 is 5.73 Å². The van der Waals surface area contributed by atoms with Gasteiger partial charge in [-0.2, -0.15) is 0 Å². The Morgan fingerprint density at radius 2 is 1.95 bits per heavy atom. The Hall–Kier alpha value is -0.870. The zero-order valence-electron chi connectivity index (χ0n) is 11.2. The first kappa shape index (κ1) is 15.5. The third-order valence-corrected chi connectivity index (χ3v) is 4.72. The van der Waals surface area contributed by atoms with Crippen molar-refractivity contribution in [3.63, 3.8) is 0 Å². The third kappa shape index (κ3) is 3.23. The van der Waals surface area contributed by atoms with Crippen LogP contribution in [0.1, 0.15) is 28.7 Å². The Labute approximate surface area is 132 Å². The van der Waals surface area contributed by atoms with Gasteiger partial charge in [0.05, 0.1) is 11.1 Å². The minimum Gasteiger partial charge on any atom is -0.388 e. The number of aliphatic hydroxyl groups is 1. The third-order valence-electron chi connectivity index (χ3n) is 3.51. The molecule has 0 saturated heterocycles. The summed E-state index contributed by atoms with van der Waals surface area (Å²) in [5, 5.41) is 11.3. The highest BCUT2D eigenvalue weighted by atomic mass is 79.9. The molecular formula is C16H17BrClNO. The van der Waals surface area contributed by atoms with E-state index in [0.717, 1.165) is 21.2 Å². The SMILES string of the molecule is Cc1ccccc1C(CN)C(O)c1ccc(Cl)c(Br)c1. The average Bonchev–Trinajstić information content (AvgIpc) is 2.44. The maximum absolute atomic E-state index is 10.6. The minimum atomic E-state index is -0.658. The molecule has 2 aromatic carbocycles. The van der Waals surface area contributed by atoms with E-state index in [1.54, 1.807) is 6.07 Å². The lowest BCUT2D eigenvalue weighted by atomic mass is 9.87. The van der Waals surface area contributed by atoms with Gasteiger partial charge < -0.3 is 10.8 Å². The number of rotatable bonds is 4. The predicted octanol–water partition coefficient (Wildman–Crippen LogP) is 4.19. The molecule has 2 nitrogen and oxygen atoms in total. The van der Waals surface area contributed by atoms with E-state index in [0.29, 0.717) is 11.6 Å². The van der Waals surface area contributed by atoms with Crippen molar-refractivity contribution in [1.29, 1.82) is 0 Å². The fraction of sp³-hybridized carbons (Fsp3) is 0.250. The summed E-state index contributed by atoms with van der Waals surface area (Å²) in [6.45, 7) is 2.41. The summed E-state index contributed by atoms with van der Waals surface area (Å²) in [6, 6.07) is 13.4. The number of aliphatic hydroxyl groups excluding tert-OH is 1. The highest BCUT2D eigenvalue weighted by molar-refractivity contribution is 9.10. The predicted molar refractivity (Wildman–Crippen MR) is 87.1 cm³/mol. The van der Waals surface area contributed by atoms with Gasteiger partial charge in [0.25, 0.3) is 0 Å². The summed E-state index contributed by atoms with van der Waals surface area (Å²) in [5.74, 6) is -0.135. The van der Waals surface area contributed by atoms with Gasteiger partial charge >= 0.3 is 0 Å². The normalized spacial score (nSPS) is 14.1. The smallest absolute Gasteiger partial charge is 0.0871 e. The first-order valence-electron chi connectivity index (χ1n) is 6.43. The highest BCUT2D eigenvalue weighted by Crippen LogP contribution is 2.34. The van der Waals surface area contributed by atoms with Crippen LogP contribution in [0.2, 0.25) is 5.02 Å². The van der Waals surface area contributed by atoms with E-state index in [4.69, 9.17) is 17.3 Å². The molecule has 2 atom stereocenters. The molecule has 0 aliphatic heterocycles. The van der Waals surface area contributed by atoms with Crippen molar-refractivity contribution in [3.8, 4) is 0 Å². The molecule has 0 amide bonds. The lowest BCUT2D eigenvalue weighted by molar-refractivity contribution is 0.147. The van der Waals surface area contributed by atoms with Crippen molar-refractivity contribution in [2.45, 2.75) is 18.9 Å². The summed E-state index contributed by atoms with van der Waals surface area (Å²) in [7, 11) is 0. The Bertz CT molecular complexity index is 603. The van der Waals surface area contributed by atoms with Crippen LogP contribution in [0.15, 0.2) is 46.9 Å². The van der Waals surface area contributed by atoms with Crippen LogP contribution in [0.25, 0.3) is 0 Å². The topological polar surface area (TPSA) is 46.2 Å². The van der Waals surface area contributed by atoms with E-state index in [1.807, 2.05) is 43.3 Å². The Kier molecular flexibility index (Phi) is 5.22. The molecule has 106 valence electrons. The van der Waals surface area contributed by atoms with Crippen LogP contribution in [0.5, 0.6) is 0 Å². The molecule has 0 fully saturated rings. The fourth-order valence-corrected chi connectivity index (χ4v) is 2.87. The molecule has 0 aliphatic carbocycles. The molecular weight excluding hydrogens is 338 g/mol. The molecule has 0 aromatic heterocycles. The molecule has 2 aromatic rings. The fourth-order valence-electron chi connectivity index (χ4n) is 2.36. The minimum absolute atomic E-state index is 0.135. The standard InChI is InChI=1S/C16H17BrClNO/c1-10-4-2-3-5-12(10)13(9-19)16(20)11-6-7-15(18)14(17)8-11/h2-8,13,16,20H,9,19H2,1H3. The van der Waals surface area contributed by atoms with E-state index in [1.165, 1.54) is 0 Å². The lowest BCUT2D eigenvalue weighted by Gasteiger charge is -2.24. The molecule has 4 heteroatoms. The van der Waals surface area contributed by atoms with Crippen molar-refractivity contribution in [1.82, 2.24) is 0 Å². The molecule has 3 N–H and O–H groups in total. The van der Waals surface area contributed by atoms with Gasteiger partial charge in [-0.15, -0.1) is 0 Å². The van der Waals surface area contributed by atoms with Crippen LogP contribution in [-0.4, -0.2) is 11.7 Å². The van der Waals surface area contributed by atoms with Gasteiger partial charge in [0.1, 0.15) is 0 Å². The monoisotopic (exact) mass is 353 g/mol. The summed E-state index contributed by atoms with van der Waals surface area (Å²) in [6.07, 6.45) is -0.658. The van der Waals surface area contributed by atoms with Crippen molar-refractivity contribution >= 4 is 27.5 Å². The Morgan fingerprint density at radius 1 is 1.25 bits per heavy atom. The van der Waals surface area contributed by atoms with Gasteiger partial charge in [-0.3, -0.25) is 0 Å². The van der Waals surface area contributed by atoms with Gasteiger partial charge in [-0.1, -0.05) is 41.9 Å². The Balaban J connectivity index is 2.36. The number of nitrogens with two attached hydrogens (primary N) is 1.